The van der Waals surface area contributed by atoms with Gasteiger partial charge in [-0.3, -0.25) is 9.52 Å². The summed E-state index contributed by atoms with van der Waals surface area (Å²) in [6, 6.07) is 7.16. The number of carbonyl (C=O) groups excluding carboxylic acids is 1. The van der Waals surface area contributed by atoms with E-state index in [1.807, 2.05) is 18.3 Å². The first-order valence-electron chi connectivity index (χ1n) is 14.1. The molecule has 2 fully saturated rings. The van der Waals surface area contributed by atoms with Crippen LogP contribution in [0, 0.1) is 23.4 Å². The Morgan fingerprint density at radius 1 is 1.07 bits per heavy atom. The molecule has 12 heteroatoms. The molecule has 0 radical (unpaired) electrons. The summed E-state index contributed by atoms with van der Waals surface area (Å²) in [7, 11) is -3.37. The summed E-state index contributed by atoms with van der Waals surface area (Å²) in [4.78, 5) is 19.8. The fourth-order valence-electron chi connectivity index (χ4n) is 6.05. The number of anilines is 1. The van der Waals surface area contributed by atoms with E-state index in [0.29, 0.717) is 44.1 Å². The molecule has 3 N–H and O–H groups in total. The molecule has 0 aliphatic carbocycles. The molecule has 3 aromatic rings. The van der Waals surface area contributed by atoms with Gasteiger partial charge in [-0.25, -0.2) is 21.6 Å². The summed E-state index contributed by atoms with van der Waals surface area (Å²) >= 11 is 0. The molecule has 1 atom stereocenters. The van der Waals surface area contributed by atoms with Crippen LogP contribution < -0.4 is 4.72 Å². The van der Waals surface area contributed by atoms with Crippen LogP contribution in [0.1, 0.15) is 42.7 Å². The first-order chi connectivity index (χ1) is 20.0. The van der Waals surface area contributed by atoms with Gasteiger partial charge in [-0.2, -0.15) is 0 Å². The van der Waals surface area contributed by atoms with E-state index in [1.165, 1.54) is 17.7 Å². The number of benzene rings is 2. The van der Waals surface area contributed by atoms with Gasteiger partial charge in [0.05, 0.1) is 12.4 Å². The predicted molar refractivity (Wildman–Crippen MR) is 156 cm³/mol. The van der Waals surface area contributed by atoms with Crippen LogP contribution in [-0.2, 0) is 14.8 Å². The maximum atomic E-state index is 13.4. The monoisotopic (exact) mass is 604 g/mol. The number of halogens is 3. The van der Waals surface area contributed by atoms with Crippen LogP contribution in [0.15, 0.2) is 42.6 Å². The van der Waals surface area contributed by atoms with Crippen LogP contribution in [0.25, 0.3) is 17.0 Å². The Morgan fingerprint density at radius 2 is 1.74 bits per heavy atom. The normalized spacial score (nSPS) is 18.6. The Morgan fingerprint density at radius 3 is 2.38 bits per heavy atom. The zero-order chi connectivity index (χ0) is 30.0. The third-order valence-corrected chi connectivity index (χ3v) is 8.92. The van der Waals surface area contributed by atoms with Gasteiger partial charge in [0.25, 0.3) is 0 Å². The number of aliphatic hydroxyl groups is 1. The maximum absolute atomic E-state index is 13.4. The number of amides is 1. The van der Waals surface area contributed by atoms with Crippen LogP contribution in [0.5, 0.6) is 0 Å². The minimum Gasteiger partial charge on any atom is -0.392 e. The average Bonchev–Trinajstić information content (AvgIpc) is 3.37. The maximum Gasteiger partial charge on any atom is 0.246 e. The van der Waals surface area contributed by atoms with E-state index in [1.54, 1.807) is 11.0 Å². The first kappa shape index (κ1) is 30.1. The van der Waals surface area contributed by atoms with Crippen molar-refractivity contribution < 1.29 is 31.5 Å². The van der Waals surface area contributed by atoms with E-state index in [-0.39, 0.29) is 17.4 Å². The van der Waals surface area contributed by atoms with Gasteiger partial charge in [-0.05, 0) is 98.1 Å². The summed E-state index contributed by atoms with van der Waals surface area (Å²) < 4.78 is 65.8. The van der Waals surface area contributed by atoms with Crippen molar-refractivity contribution in [2.75, 3.05) is 43.7 Å². The zero-order valence-electron chi connectivity index (χ0n) is 23.3. The molecule has 2 aromatic carbocycles. The van der Waals surface area contributed by atoms with Gasteiger partial charge in [0, 0.05) is 48.5 Å². The lowest BCUT2D eigenvalue weighted by atomic mass is 9.87. The van der Waals surface area contributed by atoms with Crippen LogP contribution in [0.4, 0.5) is 18.9 Å². The van der Waals surface area contributed by atoms with Gasteiger partial charge < -0.3 is 19.9 Å². The standard InChI is InChI=1S/C30H35F3N4O4S/c1-42(40,41)35-22-3-4-27-23(16-22)24(17-34-27)20-6-10-36(11-7-20)18-28(38)21-8-12-37(13-9-21)29(39)5-2-19-14-25(31)30(33)26(32)15-19/h2-5,14-17,20-21,28,34-35,38H,6-13,18H2,1H3/b5-2+. The second kappa shape index (κ2) is 12.5. The summed E-state index contributed by atoms with van der Waals surface area (Å²) in [6.45, 7) is 3.17. The number of hydrogen-bond donors (Lipinski definition) is 3. The van der Waals surface area contributed by atoms with Crippen LogP contribution in [-0.4, -0.2) is 79.3 Å². The summed E-state index contributed by atoms with van der Waals surface area (Å²) in [5, 5.41) is 12.0. The Kier molecular flexibility index (Phi) is 8.95. The Labute approximate surface area is 243 Å². The Bertz CT molecular complexity index is 1550. The van der Waals surface area contributed by atoms with Crippen molar-refractivity contribution in [1.82, 2.24) is 14.8 Å². The van der Waals surface area contributed by atoms with Crippen molar-refractivity contribution in [3.8, 4) is 0 Å². The molecule has 2 aliphatic rings. The molecule has 8 nitrogen and oxygen atoms in total. The van der Waals surface area contributed by atoms with Gasteiger partial charge in [0.2, 0.25) is 15.9 Å². The minimum atomic E-state index is -3.37. The van der Waals surface area contributed by atoms with Crippen molar-refractivity contribution in [3.05, 3.63) is 71.2 Å². The number of aromatic amines is 1. The molecule has 1 amide bonds. The molecule has 0 bridgehead atoms. The van der Waals surface area contributed by atoms with Crippen LogP contribution in [0.3, 0.4) is 0 Å². The number of β-amino-alcohol motifs (C(OH)–C–C–N with tert-alkyl or cyclic N) is 1. The highest BCUT2D eigenvalue weighted by Crippen LogP contribution is 2.35. The van der Waals surface area contributed by atoms with Crippen molar-refractivity contribution in [3.63, 3.8) is 0 Å². The molecular weight excluding hydrogens is 569 g/mol. The number of carbonyl (C=O) groups is 1. The number of aromatic nitrogens is 1. The third-order valence-electron chi connectivity index (χ3n) is 8.31. The second-order valence-electron chi connectivity index (χ2n) is 11.3. The molecule has 42 heavy (non-hydrogen) atoms. The smallest absolute Gasteiger partial charge is 0.246 e. The molecular formula is C30H35F3N4O4S. The molecule has 2 aliphatic heterocycles. The number of nitrogens with one attached hydrogen (secondary N) is 2. The number of rotatable bonds is 8. The van der Waals surface area contributed by atoms with E-state index in [4.69, 9.17) is 0 Å². The fourth-order valence-corrected chi connectivity index (χ4v) is 6.60. The summed E-state index contributed by atoms with van der Waals surface area (Å²) in [6.07, 6.45) is 8.25. The van der Waals surface area contributed by atoms with Gasteiger partial charge in [0.1, 0.15) is 0 Å². The molecule has 3 heterocycles. The quantitative estimate of drug-likeness (QED) is 0.260. The molecule has 2 saturated heterocycles. The highest BCUT2D eigenvalue weighted by molar-refractivity contribution is 7.92. The molecule has 0 spiro atoms. The number of hydrogen-bond acceptors (Lipinski definition) is 5. The summed E-state index contributed by atoms with van der Waals surface area (Å²) in [5.74, 6) is -4.07. The van der Waals surface area contributed by atoms with Gasteiger partial charge >= 0.3 is 0 Å². The Hall–Kier alpha value is -3.35. The van der Waals surface area contributed by atoms with Crippen molar-refractivity contribution in [2.45, 2.75) is 37.7 Å². The largest absolute Gasteiger partial charge is 0.392 e. The minimum absolute atomic E-state index is 0.0606. The fraction of sp³-hybridized carbons (Fsp3) is 0.433. The molecule has 1 aromatic heterocycles. The second-order valence-corrected chi connectivity index (χ2v) is 13.1. The number of likely N-dealkylation sites (tertiary alicyclic amines) is 2. The van der Waals surface area contributed by atoms with E-state index < -0.39 is 33.6 Å². The highest BCUT2D eigenvalue weighted by atomic mass is 32.2. The number of piperidine rings is 2. The number of H-pyrrole nitrogens is 1. The van der Waals surface area contributed by atoms with Gasteiger partial charge in [0.15, 0.2) is 17.5 Å². The van der Waals surface area contributed by atoms with E-state index in [2.05, 4.69) is 14.6 Å². The lowest BCUT2D eigenvalue weighted by Crippen LogP contribution is -2.45. The number of sulfonamides is 1. The van der Waals surface area contributed by atoms with Crippen LogP contribution in [0.2, 0.25) is 0 Å². The average molecular weight is 605 g/mol. The van der Waals surface area contributed by atoms with Crippen molar-refractivity contribution in [1.29, 1.82) is 0 Å². The van der Waals surface area contributed by atoms with Crippen molar-refractivity contribution in [2.24, 2.45) is 5.92 Å². The molecule has 0 saturated carbocycles. The van der Waals surface area contributed by atoms with Gasteiger partial charge in [-0.1, -0.05) is 0 Å². The lowest BCUT2D eigenvalue weighted by Gasteiger charge is -2.37. The van der Waals surface area contributed by atoms with E-state index in [9.17, 15) is 31.5 Å². The number of nitrogens with zero attached hydrogens (tertiary/aromatic N) is 2. The van der Waals surface area contributed by atoms with Crippen molar-refractivity contribution >= 4 is 38.6 Å². The van der Waals surface area contributed by atoms with E-state index >= 15 is 0 Å². The molecule has 5 rings (SSSR count). The van der Waals surface area contributed by atoms with Crippen LogP contribution >= 0.6 is 0 Å². The number of fused-ring (bicyclic) bond motifs is 1. The lowest BCUT2D eigenvalue weighted by molar-refractivity contribution is -0.128. The predicted octanol–water partition coefficient (Wildman–Crippen LogP) is 4.45. The molecule has 226 valence electrons. The van der Waals surface area contributed by atoms with E-state index in [0.717, 1.165) is 55.2 Å². The third kappa shape index (κ3) is 7.16. The molecule has 1 unspecified atom stereocenters. The topological polar surface area (TPSA) is 106 Å². The summed E-state index contributed by atoms with van der Waals surface area (Å²) in [5.41, 5.74) is 2.73. The highest BCUT2D eigenvalue weighted by Gasteiger charge is 2.30. The Balaban J connectivity index is 1.09. The number of aliphatic hydroxyl groups excluding tert-OH is 1. The SMILES string of the molecule is CS(=O)(=O)Nc1ccc2[nH]cc(C3CCN(CC(O)C4CCN(C(=O)/C=C/c5cc(F)c(F)c(F)c5)CC4)CC3)c2c1. The zero-order valence-corrected chi connectivity index (χ0v) is 24.1. The first-order valence-corrected chi connectivity index (χ1v) is 16.0. The van der Waals surface area contributed by atoms with Gasteiger partial charge in [-0.15, -0.1) is 0 Å².